The molecule has 9 heteroatoms. The molecule has 1 aromatic heterocycles. The first-order chi connectivity index (χ1) is 12.6. The van der Waals surface area contributed by atoms with E-state index in [-0.39, 0.29) is 11.6 Å². The van der Waals surface area contributed by atoms with Crippen LogP contribution in [0.2, 0.25) is 0 Å². The quantitative estimate of drug-likeness (QED) is 0.559. The van der Waals surface area contributed by atoms with Gasteiger partial charge in [-0.25, -0.2) is 4.68 Å². The van der Waals surface area contributed by atoms with Gasteiger partial charge in [-0.3, -0.25) is 14.9 Å². The molecule has 0 spiro atoms. The summed E-state index contributed by atoms with van der Waals surface area (Å²) in [6.45, 7) is 0. The van der Waals surface area contributed by atoms with Gasteiger partial charge >= 0.3 is 0 Å². The van der Waals surface area contributed by atoms with Gasteiger partial charge in [0.15, 0.2) is 5.82 Å². The van der Waals surface area contributed by atoms with Crippen molar-refractivity contribution in [1.29, 1.82) is 0 Å². The van der Waals surface area contributed by atoms with Gasteiger partial charge in [0.25, 0.3) is 11.6 Å². The number of hydrogen-bond donors (Lipinski definition) is 1. The highest BCUT2D eigenvalue weighted by molar-refractivity contribution is 6.04. The molecule has 2 aromatic carbocycles. The maximum absolute atomic E-state index is 12.4. The van der Waals surface area contributed by atoms with Crippen LogP contribution >= 0.6 is 0 Å². The molecule has 0 saturated heterocycles. The van der Waals surface area contributed by atoms with Gasteiger partial charge in [-0.15, -0.1) is 5.10 Å². The summed E-state index contributed by atoms with van der Waals surface area (Å²) in [4.78, 5) is 22.5. The largest absolute Gasteiger partial charge is 0.322 e. The number of carbonyl (C=O) groups is 1. The van der Waals surface area contributed by atoms with Gasteiger partial charge in [0, 0.05) is 28.9 Å². The number of tetrazole rings is 1. The topological polar surface area (TPSA) is 116 Å². The van der Waals surface area contributed by atoms with Crippen molar-refractivity contribution in [2.75, 3.05) is 5.32 Å². The van der Waals surface area contributed by atoms with E-state index in [9.17, 15) is 14.9 Å². The molecule has 1 fully saturated rings. The molecule has 1 amide bonds. The molecule has 1 heterocycles. The third kappa shape index (κ3) is 3.14. The molecular formula is C17H14N6O3. The number of anilines is 1. The Morgan fingerprint density at radius 1 is 1.19 bits per heavy atom. The monoisotopic (exact) mass is 350 g/mol. The first-order valence-electron chi connectivity index (χ1n) is 8.06. The second-order valence-electron chi connectivity index (χ2n) is 6.02. The predicted octanol–water partition coefficient (Wildman–Crippen LogP) is 2.84. The van der Waals surface area contributed by atoms with E-state index in [0.29, 0.717) is 23.1 Å². The van der Waals surface area contributed by atoms with Crippen LogP contribution in [0.4, 0.5) is 11.4 Å². The smallest absolute Gasteiger partial charge is 0.269 e. The Kier molecular flexibility index (Phi) is 3.88. The number of nitro groups is 1. The number of nitro benzene ring substituents is 1. The first kappa shape index (κ1) is 15.9. The van der Waals surface area contributed by atoms with Gasteiger partial charge in [-0.2, -0.15) is 0 Å². The molecule has 1 aliphatic rings. The third-order valence-electron chi connectivity index (χ3n) is 4.10. The maximum atomic E-state index is 12.4. The van der Waals surface area contributed by atoms with Crippen LogP contribution in [0.3, 0.4) is 0 Å². The highest BCUT2D eigenvalue weighted by Crippen LogP contribution is 2.36. The Labute approximate surface area is 147 Å². The van der Waals surface area contributed by atoms with E-state index in [1.807, 2.05) is 12.1 Å². The fourth-order valence-electron chi connectivity index (χ4n) is 2.62. The molecule has 0 radical (unpaired) electrons. The number of non-ortho nitro benzene ring substituents is 1. The molecule has 0 unspecified atom stereocenters. The van der Waals surface area contributed by atoms with E-state index in [4.69, 9.17) is 0 Å². The normalized spacial score (nSPS) is 13.4. The Balaban J connectivity index is 1.54. The zero-order chi connectivity index (χ0) is 18.1. The van der Waals surface area contributed by atoms with Gasteiger partial charge in [0.05, 0.1) is 11.0 Å². The van der Waals surface area contributed by atoms with Gasteiger partial charge in [0.2, 0.25) is 0 Å². The summed E-state index contributed by atoms with van der Waals surface area (Å²) in [6, 6.07) is 13.0. The Morgan fingerprint density at radius 3 is 2.65 bits per heavy atom. The zero-order valence-electron chi connectivity index (χ0n) is 13.6. The van der Waals surface area contributed by atoms with E-state index < -0.39 is 4.92 Å². The third-order valence-corrected chi connectivity index (χ3v) is 4.10. The fraction of sp³-hybridized carbons (Fsp3) is 0.176. The highest BCUT2D eigenvalue weighted by Gasteiger charge is 2.28. The number of benzene rings is 2. The standard InChI is InChI=1S/C17H14N6O3/c24-17(11-4-6-15(7-5-11)23(25)26)18-13-3-1-2-12(10-13)16-19-20-21-22(16)14-8-9-14/h1-7,10,14H,8-9H2,(H,18,24). The van der Waals surface area contributed by atoms with Crippen molar-refractivity contribution in [2.45, 2.75) is 18.9 Å². The second kappa shape index (κ2) is 6.36. The number of aromatic nitrogens is 4. The summed E-state index contributed by atoms with van der Waals surface area (Å²) >= 11 is 0. The molecule has 9 nitrogen and oxygen atoms in total. The van der Waals surface area contributed by atoms with Gasteiger partial charge < -0.3 is 5.32 Å². The SMILES string of the molecule is O=C(Nc1cccc(-c2nnnn2C2CC2)c1)c1ccc([N+](=O)[O-])cc1. The number of hydrogen-bond acceptors (Lipinski definition) is 6. The van der Waals surface area contributed by atoms with Crippen LogP contribution in [0.5, 0.6) is 0 Å². The Hall–Kier alpha value is -3.62. The Morgan fingerprint density at radius 2 is 1.96 bits per heavy atom. The molecule has 26 heavy (non-hydrogen) atoms. The molecule has 1 saturated carbocycles. The predicted molar refractivity (Wildman–Crippen MR) is 92.6 cm³/mol. The average Bonchev–Trinajstić information content (AvgIpc) is 3.38. The lowest BCUT2D eigenvalue weighted by atomic mass is 10.1. The van der Waals surface area contributed by atoms with Crippen molar-refractivity contribution in [3.8, 4) is 11.4 Å². The van der Waals surface area contributed by atoms with Crippen LogP contribution in [0.1, 0.15) is 29.2 Å². The number of nitrogens with zero attached hydrogens (tertiary/aromatic N) is 5. The van der Waals surface area contributed by atoms with Crippen LogP contribution in [0, 0.1) is 10.1 Å². The first-order valence-corrected chi connectivity index (χ1v) is 8.06. The zero-order valence-corrected chi connectivity index (χ0v) is 13.6. The van der Waals surface area contributed by atoms with E-state index >= 15 is 0 Å². The molecule has 1 N–H and O–H groups in total. The lowest BCUT2D eigenvalue weighted by molar-refractivity contribution is -0.384. The molecule has 3 aromatic rings. The van der Waals surface area contributed by atoms with Crippen LogP contribution in [-0.4, -0.2) is 31.0 Å². The second-order valence-corrected chi connectivity index (χ2v) is 6.02. The molecule has 0 bridgehead atoms. The van der Waals surface area contributed by atoms with Gasteiger partial charge in [-0.1, -0.05) is 12.1 Å². The van der Waals surface area contributed by atoms with Crippen molar-refractivity contribution in [2.24, 2.45) is 0 Å². The lowest BCUT2D eigenvalue weighted by Gasteiger charge is -2.08. The molecule has 0 aliphatic heterocycles. The van der Waals surface area contributed by atoms with E-state index in [2.05, 4.69) is 20.8 Å². The minimum absolute atomic E-state index is 0.0598. The molecule has 1 aliphatic carbocycles. The summed E-state index contributed by atoms with van der Waals surface area (Å²) in [5.41, 5.74) is 1.68. The molecular weight excluding hydrogens is 336 g/mol. The maximum Gasteiger partial charge on any atom is 0.269 e. The minimum Gasteiger partial charge on any atom is -0.322 e. The summed E-state index contributed by atoms with van der Waals surface area (Å²) in [6.07, 6.45) is 2.13. The van der Waals surface area contributed by atoms with Gasteiger partial charge in [-0.05, 0) is 47.5 Å². The van der Waals surface area contributed by atoms with Gasteiger partial charge in [0.1, 0.15) is 0 Å². The summed E-state index contributed by atoms with van der Waals surface area (Å²) in [5, 5.41) is 25.3. The number of carbonyl (C=O) groups excluding carboxylic acids is 1. The average molecular weight is 350 g/mol. The summed E-state index contributed by atoms with van der Waals surface area (Å²) in [5.74, 6) is 0.317. The number of rotatable bonds is 5. The fourth-order valence-corrected chi connectivity index (χ4v) is 2.62. The number of nitrogens with one attached hydrogen (secondary N) is 1. The molecule has 130 valence electrons. The molecule has 4 rings (SSSR count). The van der Waals surface area contributed by atoms with Crippen LogP contribution in [0.25, 0.3) is 11.4 Å². The van der Waals surface area contributed by atoms with Crippen LogP contribution in [0.15, 0.2) is 48.5 Å². The van der Waals surface area contributed by atoms with E-state index in [0.717, 1.165) is 18.4 Å². The molecule has 0 atom stereocenters. The van der Waals surface area contributed by atoms with Crippen LogP contribution < -0.4 is 5.32 Å². The van der Waals surface area contributed by atoms with Crippen LogP contribution in [-0.2, 0) is 0 Å². The van der Waals surface area contributed by atoms with Crippen molar-refractivity contribution in [1.82, 2.24) is 20.2 Å². The van der Waals surface area contributed by atoms with E-state index in [1.54, 1.807) is 16.8 Å². The number of amides is 1. The van der Waals surface area contributed by atoms with Crippen molar-refractivity contribution in [3.63, 3.8) is 0 Å². The Bertz CT molecular complexity index is 978. The van der Waals surface area contributed by atoms with Crippen molar-refractivity contribution < 1.29 is 9.72 Å². The summed E-state index contributed by atoms with van der Waals surface area (Å²) in [7, 11) is 0. The van der Waals surface area contributed by atoms with Crippen molar-refractivity contribution in [3.05, 3.63) is 64.2 Å². The van der Waals surface area contributed by atoms with Crippen molar-refractivity contribution >= 4 is 17.3 Å². The lowest BCUT2D eigenvalue weighted by Crippen LogP contribution is -2.12. The highest BCUT2D eigenvalue weighted by atomic mass is 16.6. The van der Waals surface area contributed by atoms with E-state index in [1.165, 1.54) is 24.3 Å². The minimum atomic E-state index is -0.505. The summed E-state index contributed by atoms with van der Waals surface area (Å²) < 4.78 is 1.80.